The zero-order valence-corrected chi connectivity index (χ0v) is 12.9. The minimum absolute atomic E-state index is 0.316. The van der Waals surface area contributed by atoms with Crippen molar-refractivity contribution in [3.8, 4) is 5.75 Å². The van der Waals surface area contributed by atoms with Gasteiger partial charge in [-0.15, -0.1) is 0 Å². The molecule has 0 saturated heterocycles. The van der Waals surface area contributed by atoms with Crippen molar-refractivity contribution in [2.45, 2.75) is 25.9 Å². The van der Waals surface area contributed by atoms with E-state index in [1.54, 1.807) is 13.3 Å². The van der Waals surface area contributed by atoms with Crippen LogP contribution in [0.4, 0.5) is 5.69 Å². The van der Waals surface area contributed by atoms with Gasteiger partial charge in [-0.2, -0.15) is 0 Å². The SMILES string of the molecule is COc1ccccc1CC(C)N(C)c1cnccc1CN. The summed E-state index contributed by atoms with van der Waals surface area (Å²) in [5.74, 6) is 0.933. The van der Waals surface area contributed by atoms with E-state index in [1.807, 2.05) is 30.5 Å². The fraction of sp³-hybridized carbons (Fsp3) is 0.353. The number of ether oxygens (including phenoxy) is 1. The number of hydrogen-bond donors (Lipinski definition) is 1. The Labute approximate surface area is 126 Å². The van der Waals surface area contributed by atoms with Gasteiger partial charge in [-0.3, -0.25) is 4.98 Å². The van der Waals surface area contributed by atoms with Crippen molar-refractivity contribution < 1.29 is 4.74 Å². The minimum Gasteiger partial charge on any atom is -0.496 e. The molecule has 0 aliphatic carbocycles. The lowest BCUT2D eigenvalue weighted by Gasteiger charge is -2.29. The summed E-state index contributed by atoms with van der Waals surface area (Å²) in [6.07, 6.45) is 4.56. The van der Waals surface area contributed by atoms with Gasteiger partial charge in [-0.1, -0.05) is 18.2 Å². The van der Waals surface area contributed by atoms with E-state index in [4.69, 9.17) is 10.5 Å². The molecule has 1 atom stereocenters. The second-order valence-electron chi connectivity index (χ2n) is 5.18. The number of methoxy groups -OCH3 is 1. The smallest absolute Gasteiger partial charge is 0.122 e. The average Bonchev–Trinajstić information content (AvgIpc) is 2.54. The number of rotatable bonds is 6. The molecular formula is C17H23N3O. The van der Waals surface area contributed by atoms with Crippen molar-refractivity contribution in [1.29, 1.82) is 0 Å². The van der Waals surface area contributed by atoms with Crippen molar-refractivity contribution in [2.24, 2.45) is 5.73 Å². The normalized spacial score (nSPS) is 12.0. The van der Waals surface area contributed by atoms with Crippen LogP contribution in [0.25, 0.3) is 0 Å². The number of anilines is 1. The van der Waals surface area contributed by atoms with Gasteiger partial charge in [-0.25, -0.2) is 0 Å². The van der Waals surface area contributed by atoms with Crippen LogP contribution in [0.2, 0.25) is 0 Å². The van der Waals surface area contributed by atoms with Gasteiger partial charge < -0.3 is 15.4 Å². The van der Waals surface area contributed by atoms with Gasteiger partial charge in [0, 0.05) is 25.8 Å². The third-order valence-electron chi connectivity index (χ3n) is 3.86. The topological polar surface area (TPSA) is 51.4 Å². The van der Waals surface area contributed by atoms with Crippen LogP contribution < -0.4 is 15.4 Å². The zero-order chi connectivity index (χ0) is 15.2. The van der Waals surface area contributed by atoms with Gasteiger partial charge in [0.15, 0.2) is 0 Å². The number of pyridine rings is 1. The van der Waals surface area contributed by atoms with Crippen molar-refractivity contribution in [2.75, 3.05) is 19.1 Å². The maximum Gasteiger partial charge on any atom is 0.122 e. The molecule has 0 saturated carbocycles. The van der Waals surface area contributed by atoms with Crippen molar-refractivity contribution in [3.63, 3.8) is 0 Å². The Balaban J connectivity index is 2.17. The fourth-order valence-corrected chi connectivity index (χ4v) is 2.47. The van der Waals surface area contributed by atoms with E-state index in [0.717, 1.165) is 23.4 Å². The van der Waals surface area contributed by atoms with Gasteiger partial charge in [0.1, 0.15) is 5.75 Å². The molecule has 2 rings (SSSR count). The zero-order valence-electron chi connectivity index (χ0n) is 12.9. The lowest BCUT2D eigenvalue weighted by molar-refractivity contribution is 0.408. The molecule has 0 bridgehead atoms. The molecule has 112 valence electrons. The lowest BCUT2D eigenvalue weighted by Crippen LogP contribution is -2.32. The van der Waals surface area contributed by atoms with E-state index in [2.05, 4.69) is 29.9 Å². The Bertz CT molecular complexity index is 586. The van der Waals surface area contributed by atoms with Crippen molar-refractivity contribution in [1.82, 2.24) is 4.98 Å². The highest BCUT2D eigenvalue weighted by Gasteiger charge is 2.15. The quantitative estimate of drug-likeness (QED) is 0.886. The number of aromatic nitrogens is 1. The molecule has 1 unspecified atom stereocenters. The molecule has 1 aromatic carbocycles. The number of nitrogens with two attached hydrogens (primary N) is 1. The Hall–Kier alpha value is -2.07. The van der Waals surface area contributed by atoms with E-state index < -0.39 is 0 Å². The summed E-state index contributed by atoms with van der Waals surface area (Å²) >= 11 is 0. The summed E-state index contributed by atoms with van der Waals surface area (Å²) in [6.45, 7) is 2.71. The van der Waals surface area contributed by atoms with E-state index in [1.165, 1.54) is 5.56 Å². The summed E-state index contributed by atoms with van der Waals surface area (Å²) in [7, 11) is 3.79. The molecule has 0 aliphatic heterocycles. The number of hydrogen-bond acceptors (Lipinski definition) is 4. The molecule has 4 nitrogen and oxygen atoms in total. The monoisotopic (exact) mass is 285 g/mol. The van der Waals surface area contributed by atoms with Gasteiger partial charge in [0.25, 0.3) is 0 Å². The van der Waals surface area contributed by atoms with Crippen molar-refractivity contribution >= 4 is 5.69 Å². The Morgan fingerprint density at radius 3 is 2.71 bits per heavy atom. The van der Waals surface area contributed by atoms with Crippen LogP contribution in [0.5, 0.6) is 5.75 Å². The van der Waals surface area contributed by atoms with Crippen LogP contribution in [-0.2, 0) is 13.0 Å². The molecule has 2 N–H and O–H groups in total. The first kappa shape index (κ1) is 15.3. The molecular weight excluding hydrogens is 262 g/mol. The highest BCUT2D eigenvalue weighted by molar-refractivity contribution is 5.52. The number of para-hydroxylation sites is 1. The van der Waals surface area contributed by atoms with Gasteiger partial charge >= 0.3 is 0 Å². The first-order valence-electron chi connectivity index (χ1n) is 7.15. The first-order valence-corrected chi connectivity index (χ1v) is 7.15. The van der Waals surface area contributed by atoms with Crippen LogP contribution in [-0.4, -0.2) is 25.2 Å². The molecule has 1 heterocycles. The van der Waals surface area contributed by atoms with Crippen LogP contribution >= 0.6 is 0 Å². The van der Waals surface area contributed by atoms with Gasteiger partial charge in [-0.05, 0) is 36.6 Å². The standard InChI is InChI=1S/C17H23N3O/c1-13(10-14-6-4-5-7-17(14)21-3)20(2)16-12-19-9-8-15(16)11-18/h4-9,12-13H,10-11,18H2,1-3H3. The van der Waals surface area contributed by atoms with Crippen LogP contribution in [0.3, 0.4) is 0 Å². The molecule has 0 aliphatic rings. The Morgan fingerprint density at radius 2 is 2.00 bits per heavy atom. The number of likely N-dealkylation sites (N-methyl/N-ethyl adjacent to an activating group) is 1. The number of benzene rings is 1. The van der Waals surface area contributed by atoms with Crippen LogP contribution in [0, 0.1) is 0 Å². The fourth-order valence-electron chi connectivity index (χ4n) is 2.47. The molecule has 0 amide bonds. The lowest BCUT2D eigenvalue weighted by atomic mass is 10.0. The predicted octanol–water partition coefficient (Wildman–Crippen LogP) is 2.62. The minimum atomic E-state index is 0.316. The van der Waals surface area contributed by atoms with E-state index in [-0.39, 0.29) is 0 Å². The molecule has 2 aromatic rings. The summed E-state index contributed by atoms with van der Waals surface area (Å²) in [4.78, 5) is 6.44. The molecule has 21 heavy (non-hydrogen) atoms. The summed E-state index contributed by atoms with van der Waals surface area (Å²) in [6, 6.07) is 10.4. The van der Waals surface area contributed by atoms with Crippen LogP contribution in [0.15, 0.2) is 42.7 Å². The van der Waals surface area contributed by atoms with Gasteiger partial charge in [0.05, 0.1) is 19.0 Å². The summed E-state index contributed by atoms with van der Waals surface area (Å²) < 4.78 is 5.43. The Kier molecular flexibility index (Phi) is 5.17. The maximum absolute atomic E-state index is 5.81. The second-order valence-corrected chi connectivity index (χ2v) is 5.18. The first-order chi connectivity index (χ1) is 10.2. The predicted molar refractivity (Wildman–Crippen MR) is 86.7 cm³/mol. The average molecular weight is 285 g/mol. The summed E-state index contributed by atoms with van der Waals surface area (Å²) in [5.41, 5.74) is 9.21. The molecule has 0 radical (unpaired) electrons. The highest BCUT2D eigenvalue weighted by Crippen LogP contribution is 2.24. The molecule has 0 fully saturated rings. The number of nitrogens with zero attached hydrogens (tertiary/aromatic N) is 2. The summed E-state index contributed by atoms with van der Waals surface area (Å²) in [5, 5.41) is 0. The van der Waals surface area contributed by atoms with E-state index in [9.17, 15) is 0 Å². The third-order valence-corrected chi connectivity index (χ3v) is 3.86. The van der Waals surface area contributed by atoms with Gasteiger partial charge in [0.2, 0.25) is 0 Å². The molecule has 4 heteroatoms. The van der Waals surface area contributed by atoms with Crippen LogP contribution in [0.1, 0.15) is 18.1 Å². The van der Waals surface area contributed by atoms with E-state index in [0.29, 0.717) is 12.6 Å². The second kappa shape index (κ2) is 7.09. The third kappa shape index (κ3) is 3.52. The Morgan fingerprint density at radius 1 is 1.24 bits per heavy atom. The van der Waals surface area contributed by atoms with Crippen molar-refractivity contribution in [3.05, 3.63) is 53.9 Å². The van der Waals surface area contributed by atoms with E-state index >= 15 is 0 Å². The maximum atomic E-state index is 5.81. The highest BCUT2D eigenvalue weighted by atomic mass is 16.5. The molecule has 0 spiro atoms. The largest absolute Gasteiger partial charge is 0.496 e. The molecule has 1 aromatic heterocycles.